The summed E-state index contributed by atoms with van der Waals surface area (Å²) in [5, 5.41) is 9.92. The summed E-state index contributed by atoms with van der Waals surface area (Å²) in [6.45, 7) is 1.49. The van der Waals surface area contributed by atoms with Crippen molar-refractivity contribution < 1.29 is 27.1 Å². The number of amides is 1. The lowest BCUT2D eigenvalue weighted by Crippen LogP contribution is -2.54. The fourth-order valence-electron chi connectivity index (χ4n) is 5.45. The van der Waals surface area contributed by atoms with E-state index in [4.69, 9.17) is 4.42 Å². The number of nitrogens with one attached hydrogen (secondary N) is 3. The lowest BCUT2D eigenvalue weighted by Gasteiger charge is -2.40. The topological polar surface area (TPSA) is 105 Å². The number of aromatic nitrogens is 2. The number of oxazole rings is 1. The molecule has 40 heavy (non-hydrogen) atoms. The molecule has 2 fully saturated rings. The van der Waals surface area contributed by atoms with E-state index in [9.17, 15) is 18.0 Å². The predicted octanol–water partition coefficient (Wildman–Crippen LogP) is 5.92. The van der Waals surface area contributed by atoms with Crippen LogP contribution in [0.4, 0.5) is 35.4 Å². The van der Waals surface area contributed by atoms with Gasteiger partial charge in [0.05, 0.1) is 25.2 Å². The molecule has 5 rings (SSSR count). The van der Waals surface area contributed by atoms with Gasteiger partial charge in [-0.05, 0) is 49.9 Å². The van der Waals surface area contributed by atoms with Crippen LogP contribution in [0.2, 0.25) is 0 Å². The van der Waals surface area contributed by atoms with Crippen LogP contribution in [0.25, 0.3) is 11.3 Å². The van der Waals surface area contributed by atoms with Gasteiger partial charge in [-0.1, -0.05) is 25.0 Å². The average molecular weight is 559 g/mol. The molecule has 9 nitrogen and oxygen atoms in total. The van der Waals surface area contributed by atoms with Crippen molar-refractivity contribution in [1.29, 1.82) is 0 Å². The second-order valence-corrected chi connectivity index (χ2v) is 10.2. The zero-order valence-electron chi connectivity index (χ0n) is 22.2. The van der Waals surface area contributed by atoms with Gasteiger partial charge < -0.3 is 24.7 Å². The molecule has 2 aliphatic rings. The molecule has 214 valence electrons. The van der Waals surface area contributed by atoms with Crippen LogP contribution < -0.4 is 20.9 Å². The van der Waals surface area contributed by atoms with Crippen LogP contribution in [0.3, 0.4) is 0 Å². The van der Waals surface area contributed by atoms with Gasteiger partial charge in [0.1, 0.15) is 5.69 Å². The van der Waals surface area contributed by atoms with Crippen LogP contribution >= 0.6 is 0 Å². The standard InChI is InChI=1S/C28H33F3N6O3/c1-39-27(38)35-19-7-4-6-18(14-19)24-16-33-26(40-24)36-23-10-3-2-9-22(23)34-20-8-5-13-37(17-20)21-11-12-25(32-15-21)28(29,30)31/h4,6-7,11-12,14-16,20,22-23,34H,2-3,5,8-10,13,17H2,1H3,(H,33,36)(H,35,38)/t20-,22+,23+/m0/s1. The highest BCUT2D eigenvalue weighted by Gasteiger charge is 2.33. The third-order valence-electron chi connectivity index (χ3n) is 7.43. The Labute approximate surface area is 230 Å². The van der Waals surface area contributed by atoms with Crippen molar-refractivity contribution in [2.24, 2.45) is 0 Å². The Morgan fingerprint density at radius 3 is 2.62 bits per heavy atom. The van der Waals surface area contributed by atoms with Gasteiger partial charge >= 0.3 is 12.3 Å². The quantitative estimate of drug-likeness (QED) is 0.329. The third-order valence-corrected chi connectivity index (χ3v) is 7.43. The Morgan fingerprint density at radius 2 is 1.88 bits per heavy atom. The maximum Gasteiger partial charge on any atom is 0.433 e. The zero-order chi connectivity index (χ0) is 28.1. The molecule has 0 radical (unpaired) electrons. The van der Waals surface area contributed by atoms with Crippen molar-refractivity contribution in [2.45, 2.75) is 62.8 Å². The molecule has 0 unspecified atom stereocenters. The molecule has 1 amide bonds. The average Bonchev–Trinajstić information content (AvgIpc) is 3.42. The molecule has 3 N–H and O–H groups in total. The minimum Gasteiger partial charge on any atom is -0.453 e. The summed E-state index contributed by atoms with van der Waals surface area (Å²) in [7, 11) is 1.31. The van der Waals surface area contributed by atoms with Gasteiger partial charge in [-0.2, -0.15) is 13.2 Å². The fraction of sp³-hybridized carbons (Fsp3) is 0.464. The van der Waals surface area contributed by atoms with Gasteiger partial charge in [-0.3, -0.25) is 5.32 Å². The van der Waals surface area contributed by atoms with E-state index in [1.165, 1.54) is 19.4 Å². The number of rotatable bonds is 7. The van der Waals surface area contributed by atoms with Crippen molar-refractivity contribution in [3.8, 4) is 11.3 Å². The number of methoxy groups -OCH3 is 1. The van der Waals surface area contributed by atoms with Crippen LogP contribution in [-0.2, 0) is 10.9 Å². The summed E-state index contributed by atoms with van der Waals surface area (Å²) in [4.78, 5) is 21.7. The molecule has 0 spiro atoms. The van der Waals surface area contributed by atoms with E-state index >= 15 is 0 Å². The Bertz CT molecular complexity index is 1280. The molecule has 0 bridgehead atoms. The second kappa shape index (κ2) is 12.2. The number of anilines is 3. The molecule has 3 heterocycles. The number of piperidine rings is 1. The number of hydrogen-bond acceptors (Lipinski definition) is 8. The number of carbonyl (C=O) groups is 1. The number of carbonyl (C=O) groups excluding carboxylic acids is 1. The van der Waals surface area contributed by atoms with Crippen LogP contribution in [0.1, 0.15) is 44.2 Å². The van der Waals surface area contributed by atoms with Crippen LogP contribution in [-0.4, -0.2) is 54.4 Å². The molecule has 1 aliphatic carbocycles. The normalized spacial score (nSPS) is 21.6. The fourth-order valence-corrected chi connectivity index (χ4v) is 5.45. The third kappa shape index (κ3) is 6.85. The largest absolute Gasteiger partial charge is 0.453 e. The molecular weight excluding hydrogens is 525 g/mol. The van der Waals surface area contributed by atoms with E-state index in [1.807, 2.05) is 12.1 Å². The summed E-state index contributed by atoms with van der Waals surface area (Å²) < 4.78 is 49.4. The lowest BCUT2D eigenvalue weighted by atomic mass is 9.89. The smallest absolute Gasteiger partial charge is 0.433 e. The maximum atomic E-state index is 12.9. The van der Waals surface area contributed by atoms with Gasteiger partial charge in [0.25, 0.3) is 6.01 Å². The van der Waals surface area contributed by atoms with Gasteiger partial charge in [-0.25, -0.2) is 14.8 Å². The van der Waals surface area contributed by atoms with Crippen molar-refractivity contribution in [3.05, 3.63) is 54.5 Å². The Morgan fingerprint density at radius 1 is 1.05 bits per heavy atom. The van der Waals surface area contributed by atoms with Gasteiger partial charge in [0, 0.05) is 42.5 Å². The van der Waals surface area contributed by atoms with Crippen molar-refractivity contribution in [2.75, 3.05) is 35.7 Å². The first-order valence-corrected chi connectivity index (χ1v) is 13.5. The van der Waals surface area contributed by atoms with Crippen molar-refractivity contribution in [1.82, 2.24) is 15.3 Å². The molecule has 1 saturated carbocycles. The first-order valence-electron chi connectivity index (χ1n) is 13.5. The van der Waals surface area contributed by atoms with E-state index in [2.05, 4.69) is 35.6 Å². The predicted molar refractivity (Wildman–Crippen MR) is 145 cm³/mol. The monoisotopic (exact) mass is 558 g/mol. The zero-order valence-corrected chi connectivity index (χ0v) is 22.2. The molecule has 3 atom stereocenters. The van der Waals surface area contributed by atoms with E-state index in [0.717, 1.165) is 56.7 Å². The summed E-state index contributed by atoms with van der Waals surface area (Å²) >= 11 is 0. The van der Waals surface area contributed by atoms with Gasteiger partial charge in [0.2, 0.25) is 0 Å². The molecule has 2 aromatic heterocycles. The number of ether oxygens (including phenoxy) is 1. The first kappa shape index (κ1) is 27.8. The summed E-state index contributed by atoms with van der Waals surface area (Å²) in [5.74, 6) is 0.574. The Hall–Kier alpha value is -3.80. The minimum atomic E-state index is -4.44. The SMILES string of the molecule is COC(=O)Nc1cccc(-c2cnc(N[C@@H]3CCCC[C@H]3N[C@H]3CCCN(c4ccc(C(F)(F)F)nc4)C3)o2)c1. The molecule has 1 aliphatic heterocycles. The highest BCUT2D eigenvalue weighted by Crippen LogP contribution is 2.30. The molecule has 1 aromatic carbocycles. The number of alkyl halides is 3. The van der Waals surface area contributed by atoms with Crippen molar-refractivity contribution >= 4 is 23.5 Å². The first-order chi connectivity index (χ1) is 19.3. The number of nitrogens with zero attached hydrogens (tertiary/aromatic N) is 3. The lowest BCUT2D eigenvalue weighted by molar-refractivity contribution is -0.141. The highest BCUT2D eigenvalue weighted by molar-refractivity contribution is 5.85. The summed E-state index contributed by atoms with van der Waals surface area (Å²) in [6.07, 6.45) is 4.10. The number of halogens is 3. The Kier molecular flexibility index (Phi) is 8.43. The highest BCUT2D eigenvalue weighted by atomic mass is 19.4. The van der Waals surface area contributed by atoms with E-state index in [1.54, 1.807) is 18.3 Å². The molecule has 3 aromatic rings. The number of hydrogen-bond donors (Lipinski definition) is 3. The van der Waals surface area contributed by atoms with Crippen LogP contribution in [0.15, 0.2) is 53.2 Å². The number of benzene rings is 1. The van der Waals surface area contributed by atoms with E-state index in [0.29, 0.717) is 29.7 Å². The summed E-state index contributed by atoms with van der Waals surface area (Å²) in [6, 6.07) is 10.7. The van der Waals surface area contributed by atoms with Crippen LogP contribution in [0.5, 0.6) is 0 Å². The molecular formula is C28H33F3N6O3. The Balaban J connectivity index is 1.20. The second-order valence-electron chi connectivity index (χ2n) is 10.2. The van der Waals surface area contributed by atoms with E-state index in [-0.39, 0.29) is 18.1 Å². The minimum absolute atomic E-state index is 0.121. The molecule has 1 saturated heterocycles. The van der Waals surface area contributed by atoms with Gasteiger partial charge in [0.15, 0.2) is 5.76 Å². The maximum absolute atomic E-state index is 12.9. The van der Waals surface area contributed by atoms with E-state index < -0.39 is 18.0 Å². The van der Waals surface area contributed by atoms with Gasteiger partial charge in [-0.15, -0.1) is 0 Å². The molecule has 12 heteroatoms. The van der Waals surface area contributed by atoms with Crippen LogP contribution in [0, 0.1) is 0 Å². The van der Waals surface area contributed by atoms with Crippen molar-refractivity contribution in [3.63, 3.8) is 0 Å². The summed E-state index contributed by atoms with van der Waals surface area (Å²) in [5.41, 5.74) is 1.18. The number of pyridine rings is 1.